The molecule has 1 heterocycles. The zero-order valence-electron chi connectivity index (χ0n) is 20.6. The Morgan fingerprint density at radius 1 is 0.971 bits per heavy atom. The minimum atomic E-state index is -1.99. The highest BCUT2D eigenvalue weighted by Crippen LogP contribution is 2.31. The summed E-state index contributed by atoms with van der Waals surface area (Å²) in [5.74, 6) is 0.638. The van der Waals surface area contributed by atoms with Gasteiger partial charge in [-0.3, -0.25) is 0 Å². The van der Waals surface area contributed by atoms with E-state index in [-0.39, 0.29) is 18.1 Å². The first-order chi connectivity index (χ1) is 16.4. The van der Waals surface area contributed by atoms with Gasteiger partial charge in [0.05, 0.1) is 19.8 Å². The van der Waals surface area contributed by atoms with E-state index in [9.17, 15) is 5.11 Å². The highest BCUT2D eigenvalue weighted by Gasteiger charge is 2.28. The average molecular weight is 484 g/mol. The van der Waals surface area contributed by atoms with Crippen molar-refractivity contribution >= 4 is 19.4 Å². The van der Waals surface area contributed by atoms with Crippen molar-refractivity contribution in [3.8, 4) is 0 Å². The molecule has 1 N–H and O–H groups in total. The number of aliphatic hydroxyl groups excluding tert-OH is 1. The van der Waals surface area contributed by atoms with Gasteiger partial charge in [-0.1, -0.05) is 86.6 Å². The summed E-state index contributed by atoms with van der Waals surface area (Å²) in [5, 5.41) is 17.0. The standard InChI is InChI=1S/C27H37NO5Si/c1-27(2,3)16-15-25(26-19-23(28-32-26)24(29)20-31-18-17-30-4)33-34(21-11-7-5-8-12-21)22-13-9-6-10-14-22/h5-14,19,24-25,29,34H,15-18,20H2,1-4H3. The van der Waals surface area contributed by atoms with E-state index < -0.39 is 15.1 Å². The molecule has 0 aliphatic carbocycles. The number of rotatable bonds is 13. The zero-order valence-corrected chi connectivity index (χ0v) is 21.8. The number of aliphatic hydroxyl groups is 1. The van der Waals surface area contributed by atoms with E-state index in [1.165, 1.54) is 10.4 Å². The van der Waals surface area contributed by atoms with Crippen LogP contribution in [0.3, 0.4) is 0 Å². The van der Waals surface area contributed by atoms with Crippen LogP contribution in [0.15, 0.2) is 71.3 Å². The van der Waals surface area contributed by atoms with Gasteiger partial charge in [-0.05, 0) is 28.6 Å². The Morgan fingerprint density at radius 2 is 1.59 bits per heavy atom. The Kier molecular flexibility index (Phi) is 10.0. The summed E-state index contributed by atoms with van der Waals surface area (Å²) in [4.78, 5) is 0. The van der Waals surface area contributed by atoms with Gasteiger partial charge in [0, 0.05) is 13.2 Å². The van der Waals surface area contributed by atoms with Crippen LogP contribution >= 0.6 is 0 Å². The van der Waals surface area contributed by atoms with E-state index in [4.69, 9.17) is 18.4 Å². The summed E-state index contributed by atoms with van der Waals surface area (Å²) >= 11 is 0. The number of ether oxygens (including phenoxy) is 2. The molecule has 0 aliphatic rings. The summed E-state index contributed by atoms with van der Waals surface area (Å²) < 4.78 is 23.0. The molecule has 0 fully saturated rings. The molecule has 1 aromatic heterocycles. The largest absolute Gasteiger partial charge is 0.401 e. The second kappa shape index (κ2) is 13.0. The van der Waals surface area contributed by atoms with Crippen molar-refractivity contribution in [3.05, 3.63) is 78.2 Å². The van der Waals surface area contributed by atoms with E-state index >= 15 is 0 Å². The number of nitrogens with zero attached hydrogens (tertiary/aromatic N) is 1. The van der Waals surface area contributed by atoms with Gasteiger partial charge in [-0.15, -0.1) is 0 Å². The second-order valence-corrected chi connectivity index (χ2v) is 12.0. The second-order valence-electron chi connectivity index (χ2n) is 9.66. The Morgan fingerprint density at radius 3 is 2.15 bits per heavy atom. The van der Waals surface area contributed by atoms with Gasteiger partial charge in [-0.2, -0.15) is 0 Å². The number of hydrogen-bond donors (Lipinski definition) is 1. The van der Waals surface area contributed by atoms with Gasteiger partial charge in [0.15, 0.2) is 5.76 Å². The molecule has 0 saturated carbocycles. The molecule has 7 heteroatoms. The molecule has 2 aromatic carbocycles. The Bertz CT molecular complexity index is 918. The Hall–Kier alpha value is -2.29. The molecule has 2 unspecified atom stereocenters. The highest BCUT2D eigenvalue weighted by molar-refractivity contribution is 6.80. The van der Waals surface area contributed by atoms with Crippen molar-refractivity contribution < 1.29 is 23.5 Å². The smallest absolute Gasteiger partial charge is 0.240 e. The van der Waals surface area contributed by atoms with Gasteiger partial charge >= 0.3 is 0 Å². The lowest BCUT2D eigenvalue weighted by atomic mass is 9.89. The normalized spacial score (nSPS) is 13.8. The molecule has 2 atom stereocenters. The third-order valence-corrected chi connectivity index (χ3v) is 8.16. The Balaban J connectivity index is 1.83. The molecular weight excluding hydrogens is 446 g/mol. The van der Waals surface area contributed by atoms with Crippen LogP contribution in [-0.4, -0.2) is 46.2 Å². The van der Waals surface area contributed by atoms with Gasteiger partial charge in [0.25, 0.3) is 0 Å². The van der Waals surface area contributed by atoms with Gasteiger partial charge in [0.1, 0.15) is 17.9 Å². The lowest BCUT2D eigenvalue weighted by Gasteiger charge is -2.26. The van der Waals surface area contributed by atoms with Gasteiger partial charge < -0.3 is 23.5 Å². The van der Waals surface area contributed by atoms with Crippen molar-refractivity contribution in [2.75, 3.05) is 26.9 Å². The number of hydrogen-bond acceptors (Lipinski definition) is 6. The van der Waals surface area contributed by atoms with Gasteiger partial charge in [0.2, 0.25) is 9.04 Å². The SMILES string of the molecule is COCCOCC(O)c1cc(C(CCC(C)(C)C)O[SiH](c2ccccc2)c2ccccc2)on1. The van der Waals surface area contributed by atoms with Crippen LogP contribution in [0.5, 0.6) is 0 Å². The summed E-state index contributed by atoms with van der Waals surface area (Å²) in [6, 6.07) is 22.6. The molecule has 0 amide bonds. The van der Waals surface area contributed by atoms with E-state index in [1.54, 1.807) is 13.2 Å². The van der Waals surface area contributed by atoms with Crippen molar-refractivity contribution in [2.24, 2.45) is 5.41 Å². The fourth-order valence-electron chi connectivity index (χ4n) is 3.65. The third kappa shape index (κ3) is 8.18. The summed E-state index contributed by atoms with van der Waals surface area (Å²) in [5.41, 5.74) is 0.602. The summed E-state index contributed by atoms with van der Waals surface area (Å²) in [6.07, 6.45) is 0.621. The molecule has 3 rings (SSSR count). The van der Waals surface area contributed by atoms with Crippen LogP contribution in [0.25, 0.3) is 0 Å². The lowest BCUT2D eigenvalue weighted by molar-refractivity contribution is 0.00995. The van der Waals surface area contributed by atoms with Gasteiger partial charge in [-0.25, -0.2) is 0 Å². The van der Waals surface area contributed by atoms with Crippen molar-refractivity contribution in [3.63, 3.8) is 0 Å². The fourth-order valence-corrected chi connectivity index (χ4v) is 6.09. The fraction of sp³-hybridized carbons (Fsp3) is 0.444. The van der Waals surface area contributed by atoms with Crippen molar-refractivity contribution in [1.29, 1.82) is 0 Å². The first kappa shape index (κ1) is 26.3. The van der Waals surface area contributed by atoms with Crippen LogP contribution in [0, 0.1) is 5.41 Å². The Labute approximate surface area is 204 Å². The molecule has 184 valence electrons. The maximum absolute atomic E-state index is 10.5. The molecular formula is C27H37NO5Si. The summed E-state index contributed by atoms with van der Waals surface area (Å²) in [6.45, 7) is 7.69. The summed E-state index contributed by atoms with van der Waals surface area (Å²) in [7, 11) is -0.380. The monoisotopic (exact) mass is 483 g/mol. The molecule has 0 radical (unpaired) electrons. The molecule has 6 nitrogen and oxygen atoms in total. The quantitative estimate of drug-likeness (QED) is 0.295. The molecule has 0 saturated heterocycles. The maximum atomic E-state index is 10.5. The molecule has 0 aliphatic heterocycles. The van der Waals surface area contributed by atoms with E-state index in [0.717, 1.165) is 12.8 Å². The number of methoxy groups -OCH3 is 1. The molecule has 0 spiro atoms. The topological polar surface area (TPSA) is 74.0 Å². The maximum Gasteiger partial charge on any atom is 0.240 e. The van der Waals surface area contributed by atoms with Crippen LogP contribution < -0.4 is 10.4 Å². The number of aromatic nitrogens is 1. The van der Waals surface area contributed by atoms with Crippen LogP contribution in [0.4, 0.5) is 0 Å². The predicted molar refractivity (Wildman–Crippen MR) is 136 cm³/mol. The van der Waals surface area contributed by atoms with Crippen LogP contribution in [0.1, 0.15) is 57.3 Å². The zero-order chi connectivity index (χ0) is 24.4. The lowest BCUT2D eigenvalue weighted by Crippen LogP contribution is -2.45. The molecule has 34 heavy (non-hydrogen) atoms. The van der Waals surface area contributed by atoms with E-state index in [0.29, 0.717) is 24.7 Å². The van der Waals surface area contributed by atoms with E-state index in [1.807, 2.05) is 12.1 Å². The third-order valence-electron chi connectivity index (χ3n) is 5.57. The van der Waals surface area contributed by atoms with Crippen LogP contribution in [0.2, 0.25) is 0 Å². The van der Waals surface area contributed by atoms with Crippen molar-refractivity contribution in [2.45, 2.75) is 45.8 Å². The first-order valence-electron chi connectivity index (χ1n) is 11.8. The first-order valence-corrected chi connectivity index (χ1v) is 13.5. The predicted octanol–water partition coefficient (Wildman–Crippen LogP) is 3.79. The molecule has 3 aromatic rings. The minimum Gasteiger partial charge on any atom is -0.401 e. The minimum absolute atomic E-state index is 0.133. The number of benzene rings is 2. The van der Waals surface area contributed by atoms with Crippen LogP contribution in [-0.2, 0) is 13.9 Å². The van der Waals surface area contributed by atoms with Crippen molar-refractivity contribution in [1.82, 2.24) is 5.16 Å². The van der Waals surface area contributed by atoms with E-state index in [2.05, 4.69) is 74.5 Å². The highest BCUT2D eigenvalue weighted by atomic mass is 28.3. The average Bonchev–Trinajstić information content (AvgIpc) is 3.33. The molecule has 0 bridgehead atoms.